The minimum absolute atomic E-state index is 0.0603. The van der Waals surface area contributed by atoms with Crippen molar-refractivity contribution in [1.29, 1.82) is 0 Å². The number of carbonyl (C=O) groups is 1. The molecule has 0 atom stereocenters. The molecule has 0 radical (unpaired) electrons. The normalized spacial score (nSPS) is 17.8. The van der Waals surface area contributed by atoms with Crippen molar-refractivity contribution in [3.63, 3.8) is 0 Å². The lowest BCUT2D eigenvalue weighted by atomic mass is 10.0. The highest BCUT2D eigenvalue weighted by Gasteiger charge is 2.24. The zero-order chi connectivity index (χ0) is 22.5. The van der Waals surface area contributed by atoms with Gasteiger partial charge in [0.15, 0.2) is 5.82 Å². The molecule has 2 saturated heterocycles. The van der Waals surface area contributed by atoms with Crippen molar-refractivity contribution in [3.8, 4) is 16.6 Å². The summed E-state index contributed by atoms with van der Waals surface area (Å²) in [5, 5.41) is 9.91. The number of H-pyrrole nitrogens is 1. The second kappa shape index (κ2) is 10.2. The van der Waals surface area contributed by atoms with Gasteiger partial charge in [-0.25, -0.2) is 10.1 Å². The second-order valence-electron chi connectivity index (χ2n) is 8.19. The Morgan fingerprint density at radius 2 is 2.09 bits per heavy atom. The van der Waals surface area contributed by atoms with Gasteiger partial charge in [0.25, 0.3) is 5.91 Å². The summed E-state index contributed by atoms with van der Waals surface area (Å²) in [7, 11) is 0. The standard InChI is InChI=1S/C21H26N8O3S/c30-20(25-15-1-5-29(6-2-15)21-23-12-24-28-21)16-9-18(32-11-14-3-7-31-8-4-14)27-19(26-16)17-10-22-13-33-17/h9-10,12-15H,1-8,11H2,(H,25,30)(H,23,24,28). The highest BCUT2D eigenvalue weighted by atomic mass is 32.1. The number of ether oxygens (including phenoxy) is 2. The average molecular weight is 471 g/mol. The number of anilines is 1. The van der Waals surface area contributed by atoms with Gasteiger partial charge in [0.1, 0.15) is 12.0 Å². The zero-order valence-electron chi connectivity index (χ0n) is 18.1. The molecule has 33 heavy (non-hydrogen) atoms. The van der Waals surface area contributed by atoms with E-state index in [1.807, 2.05) is 0 Å². The van der Waals surface area contributed by atoms with Gasteiger partial charge in [-0.05, 0) is 31.6 Å². The van der Waals surface area contributed by atoms with Crippen molar-refractivity contribution in [2.75, 3.05) is 37.8 Å². The van der Waals surface area contributed by atoms with Crippen molar-refractivity contribution in [1.82, 2.24) is 35.5 Å². The van der Waals surface area contributed by atoms with Crippen LogP contribution in [0.1, 0.15) is 36.2 Å². The molecular formula is C21H26N8O3S. The number of piperidine rings is 1. The molecule has 0 unspecified atom stereocenters. The summed E-state index contributed by atoms with van der Waals surface area (Å²) in [6.45, 7) is 3.63. The minimum atomic E-state index is -0.225. The first-order chi connectivity index (χ1) is 16.2. The number of thiazole rings is 1. The van der Waals surface area contributed by atoms with Crippen LogP contribution in [-0.4, -0.2) is 75.0 Å². The van der Waals surface area contributed by atoms with Gasteiger partial charge < -0.3 is 19.7 Å². The number of nitrogens with one attached hydrogen (secondary N) is 2. The third-order valence-corrected chi connectivity index (χ3v) is 6.70. The van der Waals surface area contributed by atoms with Gasteiger partial charge >= 0.3 is 0 Å². The quantitative estimate of drug-likeness (QED) is 0.532. The van der Waals surface area contributed by atoms with Crippen molar-refractivity contribution >= 4 is 23.2 Å². The molecule has 2 aliphatic rings. The monoisotopic (exact) mass is 470 g/mol. The van der Waals surface area contributed by atoms with E-state index in [0.717, 1.165) is 62.8 Å². The number of rotatable bonds is 7. The zero-order valence-corrected chi connectivity index (χ0v) is 19.0. The lowest BCUT2D eigenvalue weighted by Crippen LogP contribution is -2.45. The van der Waals surface area contributed by atoms with Crippen LogP contribution < -0.4 is 15.0 Å². The number of nitrogens with zero attached hydrogens (tertiary/aromatic N) is 6. The first kappa shape index (κ1) is 21.7. The fourth-order valence-electron chi connectivity index (χ4n) is 4.01. The molecule has 0 aliphatic carbocycles. The summed E-state index contributed by atoms with van der Waals surface area (Å²) in [5.74, 6) is 1.82. The third kappa shape index (κ3) is 5.45. The topological polar surface area (TPSA) is 131 Å². The van der Waals surface area contributed by atoms with Crippen LogP contribution in [0, 0.1) is 5.92 Å². The maximum absolute atomic E-state index is 13.1. The van der Waals surface area contributed by atoms with E-state index in [1.165, 1.54) is 17.7 Å². The van der Waals surface area contributed by atoms with Crippen LogP contribution in [0.4, 0.5) is 5.95 Å². The van der Waals surface area contributed by atoms with E-state index in [9.17, 15) is 4.79 Å². The maximum Gasteiger partial charge on any atom is 0.270 e. The third-order valence-electron chi connectivity index (χ3n) is 5.93. The summed E-state index contributed by atoms with van der Waals surface area (Å²) >= 11 is 1.43. The van der Waals surface area contributed by atoms with E-state index < -0.39 is 0 Å². The summed E-state index contributed by atoms with van der Waals surface area (Å²) in [5.41, 5.74) is 2.02. The smallest absolute Gasteiger partial charge is 0.270 e. The van der Waals surface area contributed by atoms with Crippen LogP contribution >= 0.6 is 11.3 Å². The molecular weight excluding hydrogens is 444 g/mol. The highest BCUT2D eigenvalue weighted by molar-refractivity contribution is 7.13. The molecule has 12 heteroatoms. The summed E-state index contributed by atoms with van der Waals surface area (Å²) in [6, 6.07) is 1.69. The number of aromatic nitrogens is 6. The Balaban J connectivity index is 1.26. The van der Waals surface area contributed by atoms with E-state index in [2.05, 4.69) is 40.3 Å². The molecule has 5 heterocycles. The van der Waals surface area contributed by atoms with Gasteiger partial charge in [0.2, 0.25) is 11.8 Å². The Hall–Kier alpha value is -3.12. The van der Waals surface area contributed by atoms with Crippen molar-refractivity contribution in [2.45, 2.75) is 31.7 Å². The largest absolute Gasteiger partial charge is 0.477 e. The highest BCUT2D eigenvalue weighted by Crippen LogP contribution is 2.24. The fourth-order valence-corrected chi connectivity index (χ4v) is 4.57. The van der Waals surface area contributed by atoms with E-state index >= 15 is 0 Å². The van der Waals surface area contributed by atoms with E-state index in [0.29, 0.717) is 29.9 Å². The number of aromatic amines is 1. The Morgan fingerprint density at radius 1 is 1.24 bits per heavy atom. The molecule has 2 aliphatic heterocycles. The lowest BCUT2D eigenvalue weighted by molar-refractivity contribution is 0.0490. The minimum Gasteiger partial charge on any atom is -0.477 e. The molecule has 1 amide bonds. The number of carbonyl (C=O) groups excluding carboxylic acids is 1. The molecule has 5 rings (SSSR count). The van der Waals surface area contributed by atoms with E-state index in [1.54, 1.807) is 17.8 Å². The van der Waals surface area contributed by atoms with Gasteiger partial charge in [-0.15, -0.1) is 11.3 Å². The van der Waals surface area contributed by atoms with Crippen LogP contribution in [-0.2, 0) is 4.74 Å². The molecule has 0 aromatic carbocycles. The molecule has 0 bridgehead atoms. The number of hydrogen-bond acceptors (Lipinski definition) is 10. The lowest BCUT2D eigenvalue weighted by Gasteiger charge is -2.31. The van der Waals surface area contributed by atoms with Crippen LogP contribution in [0.15, 0.2) is 24.1 Å². The average Bonchev–Trinajstić information content (AvgIpc) is 3.59. The Kier molecular flexibility index (Phi) is 6.72. The molecule has 3 aromatic rings. The Labute approximate surface area is 195 Å². The molecule has 174 valence electrons. The SMILES string of the molecule is O=C(NC1CCN(c2ncn[nH]2)CC1)c1cc(OCC2CCOCC2)nc(-c2cncs2)n1. The first-order valence-electron chi connectivity index (χ1n) is 11.1. The molecule has 2 fully saturated rings. The van der Waals surface area contributed by atoms with E-state index in [-0.39, 0.29) is 11.9 Å². The predicted octanol–water partition coefficient (Wildman–Crippen LogP) is 1.92. The van der Waals surface area contributed by atoms with Crippen LogP contribution in [0.2, 0.25) is 0 Å². The molecule has 0 spiro atoms. The number of amides is 1. The molecule has 11 nitrogen and oxygen atoms in total. The van der Waals surface area contributed by atoms with Gasteiger partial charge in [0, 0.05) is 44.6 Å². The first-order valence-corrected chi connectivity index (χ1v) is 12.0. The Morgan fingerprint density at radius 3 is 2.82 bits per heavy atom. The van der Waals surface area contributed by atoms with Crippen LogP contribution in [0.3, 0.4) is 0 Å². The molecule has 0 saturated carbocycles. The molecule has 2 N–H and O–H groups in total. The van der Waals surface area contributed by atoms with Gasteiger partial charge in [-0.1, -0.05) is 0 Å². The number of hydrogen-bond donors (Lipinski definition) is 2. The Bertz CT molecular complexity index is 1030. The van der Waals surface area contributed by atoms with E-state index in [4.69, 9.17) is 9.47 Å². The van der Waals surface area contributed by atoms with Crippen molar-refractivity contribution < 1.29 is 14.3 Å². The fraction of sp³-hybridized carbons (Fsp3) is 0.524. The van der Waals surface area contributed by atoms with Gasteiger partial charge in [0.05, 0.1) is 17.0 Å². The van der Waals surface area contributed by atoms with Crippen LogP contribution in [0.5, 0.6) is 5.88 Å². The molecule has 3 aromatic heterocycles. The van der Waals surface area contributed by atoms with Gasteiger partial charge in [-0.3, -0.25) is 9.78 Å². The van der Waals surface area contributed by atoms with Crippen molar-refractivity contribution in [3.05, 3.63) is 29.8 Å². The summed E-state index contributed by atoms with van der Waals surface area (Å²) in [6.07, 6.45) is 6.75. The second-order valence-corrected chi connectivity index (χ2v) is 9.08. The predicted molar refractivity (Wildman–Crippen MR) is 121 cm³/mol. The van der Waals surface area contributed by atoms with Crippen molar-refractivity contribution in [2.24, 2.45) is 5.92 Å². The summed E-state index contributed by atoms with van der Waals surface area (Å²) < 4.78 is 11.4. The van der Waals surface area contributed by atoms with Gasteiger partial charge in [-0.2, -0.15) is 15.1 Å². The summed E-state index contributed by atoms with van der Waals surface area (Å²) in [4.78, 5) is 33.3. The maximum atomic E-state index is 13.1. The van der Waals surface area contributed by atoms with Crippen LogP contribution in [0.25, 0.3) is 10.7 Å².